The molecule has 0 bridgehead atoms. The van der Waals surface area contributed by atoms with E-state index in [9.17, 15) is 0 Å². The SMILES string of the molecule is CCCC(C)(CN)CN1CCC(C)(C)C1. The van der Waals surface area contributed by atoms with E-state index in [4.69, 9.17) is 5.73 Å². The van der Waals surface area contributed by atoms with E-state index < -0.39 is 0 Å². The van der Waals surface area contributed by atoms with E-state index in [1.54, 1.807) is 0 Å². The molecule has 0 saturated carbocycles. The molecule has 0 amide bonds. The van der Waals surface area contributed by atoms with Gasteiger partial charge >= 0.3 is 0 Å². The van der Waals surface area contributed by atoms with Crippen LogP contribution in [0.25, 0.3) is 0 Å². The van der Waals surface area contributed by atoms with Gasteiger partial charge in [0.25, 0.3) is 0 Å². The lowest BCUT2D eigenvalue weighted by Crippen LogP contribution is -2.40. The first kappa shape index (κ1) is 13.0. The fourth-order valence-corrected chi connectivity index (χ4v) is 2.75. The minimum Gasteiger partial charge on any atom is -0.330 e. The van der Waals surface area contributed by atoms with Crippen LogP contribution in [0.5, 0.6) is 0 Å². The number of nitrogens with two attached hydrogens (primary N) is 1. The molecule has 0 spiro atoms. The van der Waals surface area contributed by atoms with Crippen molar-refractivity contribution < 1.29 is 0 Å². The van der Waals surface area contributed by atoms with Crippen molar-refractivity contribution in [2.45, 2.75) is 47.0 Å². The zero-order valence-corrected chi connectivity index (χ0v) is 11.0. The van der Waals surface area contributed by atoms with Crippen LogP contribution in [0.4, 0.5) is 0 Å². The fraction of sp³-hybridized carbons (Fsp3) is 1.00. The number of hydrogen-bond donors (Lipinski definition) is 1. The maximum Gasteiger partial charge on any atom is 0.00476 e. The number of likely N-dealkylation sites (tertiary alicyclic amines) is 1. The molecular formula is C13H28N2. The molecule has 0 aromatic heterocycles. The highest BCUT2D eigenvalue weighted by Crippen LogP contribution is 2.32. The van der Waals surface area contributed by atoms with Crippen molar-refractivity contribution in [3.8, 4) is 0 Å². The van der Waals surface area contributed by atoms with E-state index in [1.165, 1.54) is 38.9 Å². The van der Waals surface area contributed by atoms with Crippen molar-refractivity contribution in [1.82, 2.24) is 4.90 Å². The highest BCUT2D eigenvalue weighted by molar-refractivity contribution is 4.87. The summed E-state index contributed by atoms with van der Waals surface area (Å²) >= 11 is 0. The molecule has 1 rings (SSSR count). The van der Waals surface area contributed by atoms with E-state index in [2.05, 4.69) is 32.6 Å². The van der Waals surface area contributed by atoms with Crippen LogP contribution in [0.1, 0.15) is 47.0 Å². The number of nitrogens with zero attached hydrogens (tertiary/aromatic N) is 1. The topological polar surface area (TPSA) is 29.3 Å². The Morgan fingerprint density at radius 1 is 1.40 bits per heavy atom. The Labute approximate surface area is 95.2 Å². The highest BCUT2D eigenvalue weighted by Gasteiger charge is 2.33. The van der Waals surface area contributed by atoms with E-state index >= 15 is 0 Å². The van der Waals surface area contributed by atoms with E-state index in [0.717, 1.165) is 6.54 Å². The lowest BCUT2D eigenvalue weighted by atomic mass is 9.85. The first-order valence-electron chi connectivity index (χ1n) is 6.33. The molecule has 90 valence electrons. The van der Waals surface area contributed by atoms with Crippen molar-refractivity contribution in [1.29, 1.82) is 0 Å². The molecule has 1 fully saturated rings. The molecule has 0 aromatic rings. The molecular weight excluding hydrogens is 184 g/mol. The Bertz CT molecular complexity index is 201. The van der Waals surface area contributed by atoms with Gasteiger partial charge in [0.2, 0.25) is 0 Å². The van der Waals surface area contributed by atoms with Gasteiger partial charge in [-0.1, -0.05) is 34.1 Å². The van der Waals surface area contributed by atoms with Gasteiger partial charge in [0.15, 0.2) is 0 Å². The summed E-state index contributed by atoms with van der Waals surface area (Å²) in [6.45, 7) is 13.8. The van der Waals surface area contributed by atoms with E-state index in [1.807, 2.05) is 0 Å². The summed E-state index contributed by atoms with van der Waals surface area (Å²) in [6, 6.07) is 0. The Morgan fingerprint density at radius 2 is 2.07 bits per heavy atom. The van der Waals surface area contributed by atoms with Gasteiger partial charge in [-0.25, -0.2) is 0 Å². The second-order valence-electron chi connectivity index (χ2n) is 6.39. The predicted molar refractivity (Wildman–Crippen MR) is 66.9 cm³/mol. The summed E-state index contributed by atoms with van der Waals surface area (Å²) in [7, 11) is 0. The predicted octanol–water partition coefficient (Wildman–Crippen LogP) is 2.48. The Balaban J connectivity index is 2.46. The molecule has 2 heteroatoms. The zero-order chi connectivity index (χ0) is 11.5. The second kappa shape index (κ2) is 4.84. The summed E-state index contributed by atoms with van der Waals surface area (Å²) in [5.41, 5.74) is 6.76. The molecule has 2 N–H and O–H groups in total. The molecule has 1 atom stereocenters. The summed E-state index contributed by atoms with van der Waals surface area (Å²) in [4.78, 5) is 2.60. The second-order valence-corrected chi connectivity index (χ2v) is 6.39. The van der Waals surface area contributed by atoms with Crippen molar-refractivity contribution in [2.24, 2.45) is 16.6 Å². The smallest absolute Gasteiger partial charge is 0.00476 e. The molecule has 2 nitrogen and oxygen atoms in total. The van der Waals surface area contributed by atoms with Crippen molar-refractivity contribution >= 4 is 0 Å². The van der Waals surface area contributed by atoms with Crippen molar-refractivity contribution in [2.75, 3.05) is 26.2 Å². The van der Waals surface area contributed by atoms with Gasteiger partial charge in [-0.3, -0.25) is 0 Å². The number of rotatable bonds is 5. The van der Waals surface area contributed by atoms with Gasteiger partial charge in [-0.15, -0.1) is 0 Å². The van der Waals surface area contributed by atoms with Gasteiger partial charge in [-0.2, -0.15) is 0 Å². The quantitative estimate of drug-likeness (QED) is 0.758. The average molecular weight is 212 g/mol. The first-order chi connectivity index (χ1) is 6.91. The summed E-state index contributed by atoms with van der Waals surface area (Å²) in [5, 5.41) is 0. The zero-order valence-electron chi connectivity index (χ0n) is 11.0. The third kappa shape index (κ3) is 3.76. The van der Waals surface area contributed by atoms with E-state index in [0.29, 0.717) is 10.8 Å². The third-order valence-corrected chi connectivity index (χ3v) is 3.71. The van der Waals surface area contributed by atoms with Crippen LogP contribution in [-0.4, -0.2) is 31.1 Å². The minimum atomic E-state index is 0.329. The average Bonchev–Trinajstić information content (AvgIpc) is 2.46. The largest absolute Gasteiger partial charge is 0.330 e. The molecule has 1 saturated heterocycles. The Kier molecular flexibility index (Phi) is 4.19. The van der Waals surface area contributed by atoms with E-state index in [-0.39, 0.29) is 0 Å². The Hall–Kier alpha value is -0.0800. The van der Waals surface area contributed by atoms with Crippen molar-refractivity contribution in [3.63, 3.8) is 0 Å². The fourth-order valence-electron chi connectivity index (χ4n) is 2.75. The molecule has 1 aliphatic heterocycles. The first-order valence-corrected chi connectivity index (χ1v) is 6.33. The summed E-state index contributed by atoms with van der Waals surface area (Å²) in [5.74, 6) is 0. The summed E-state index contributed by atoms with van der Waals surface area (Å²) in [6.07, 6.45) is 3.82. The van der Waals surface area contributed by atoms with Gasteiger partial charge in [0, 0.05) is 13.1 Å². The van der Waals surface area contributed by atoms with Crippen LogP contribution in [-0.2, 0) is 0 Å². The van der Waals surface area contributed by atoms with Gasteiger partial charge in [0.1, 0.15) is 0 Å². The van der Waals surface area contributed by atoms with Gasteiger partial charge < -0.3 is 10.6 Å². The third-order valence-electron chi connectivity index (χ3n) is 3.71. The standard InChI is InChI=1S/C13H28N2/c1-5-6-13(4,9-14)11-15-8-7-12(2,3)10-15/h5-11,14H2,1-4H3. The monoisotopic (exact) mass is 212 g/mol. The maximum atomic E-state index is 5.91. The highest BCUT2D eigenvalue weighted by atomic mass is 15.2. The van der Waals surface area contributed by atoms with Crippen LogP contribution in [0.3, 0.4) is 0 Å². The van der Waals surface area contributed by atoms with Crippen LogP contribution in [0, 0.1) is 10.8 Å². The minimum absolute atomic E-state index is 0.329. The Morgan fingerprint density at radius 3 is 2.47 bits per heavy atom. The lowest BCUT2D eigenvalue weighted by molar-refractivity contribution is 0.172. The summed E-state index contributed by atoms with van der Waals surface area (Å²) < 4.78 is 0. The molecule has 1 aliphatic rings. The van der Waals surface area contributed by atoms with Crippen LogP contribution in [0.15, 0.2) is 0 Å². The molecule has 0 aromatic carbocycles. The van der Waals surface area contributed by atoms with Crippen LogP contribution < -0.4 is 5.73 Å². The molecule has 1 heterocycles. The molecule has 15 heavy (non-hydrogen) atoms. The van der Waals surface area contributed by atoms with Crippen LogP contribution >= 0.6 is 0 Å². The molecule has 0 aliphatic carbocycles. The molecule has 1 unspecified atom stereocenters. The van der Waals surface area contributed by atoms with Crippen LogP contribution in [0.2, 0.25) is 0 Å². The maximum absolute atomic E-state index is 5.91. The van der Waals surface area contributed by atoms with Gasteiger partial charge in [0.05, 0.1) is 0 Å². The number of hydrogen-bond acceptors (Lipinski definition) is 2. The van der Waals surface area contributed by atoms with Gasteiger partial charge in [-0.05, 0) is 36.8 Å². The molecule has 0 radical (unpaired) electrons. The van der Waals surface area contributed by atoms with Crippen molar-refractivity contribution in [3.05, 3.63) is 0 Å². The lowest BCUT2D eigenvalue weighted by Gasteiger charge is -2.33. The normalized spacial score (nSPS) is 25.4.